The first kappa shape index (κ1) is 13.6. The van der Waals surface area contributed by atoms with E-state index >= 15 is 0 Å². The van der Waals surface area contributed by atoms with Crippen molar-refractivity contribution in [1.82, 2.24) is 15.3 Å². The summed E-state index contributed by atoms with van der Waals surface area (Å²) in [6, 6.07) is 8.44. The molecule has 4 heteroatoms. The molecule has 0 bridgehead atoms. The molecule has 102 valence electrons. The highest BCUT2D eigenvalue weighted by molar-refractivity contribution is 5.31. The van der Waals surface area contributed by atoms with Crippen molar-refractivity contribution in [2.45, 2.75) is 25.8 Å². The highest BCUT2D eigenvalue weighted by Gasteiger charge is 2.13. The standard InChI is InChI=1S/C15H21N3O/c1-3-7-16-14(11-15-17-8-9-18-15)12-5-4-6-13(10-12)19-2/h4-6,8-10,14,16H,3,7,11H2,1-2H3,(H,17,18). The Hall–Kier alpha value is -1.81. The predicted octanol–water partition coefficient (Wildman–Crippen LogP) is 2.70. The van der Waals surface area contributed by atoms with Gasteiger partial charge in [-0.25, -0.2) is 4.98 Å². The van der Waals surface area contributed by atoms with Crippen LogP contribution >= 0.6 is 0 Å². The summed E-state index contributed by atoms with van der Waals surface area (Å²) in [5.74, 6) is 1.89. The van der Waals surface area contributed by atoms with E-state index in [1.165, 1.54) is 5.56 Å². The summed E-state index contributed by atoms with van der Waals surface area (Å²) in [6.07, 6.45) is 5.61. The second-order valence-corrected chi connectivity index (χ2v) is 4.52. The number of nitrogens with one attached hydrogen (secondary N) is 2. The zero-order chi connectivity index (χ0) is 13.5. The van der Waals surface area contributed by atoms with E-state index in [-0.39, 0.29) is 6.04 Å². The minimum Gasteiger partial charge on any atom is -0.497 e. The van der Waals surface area contributed by atoms with Crippen molar-refractivity contribution < 1.29 is 4.74 Å². The lowest BCUT2D eigenvalue weighted by Crippen LogP contribution is -2.24. The smallest absolute Gasteiger partial charge is 0.119 e. The molecule has 1 atom stereocenters. The van der Waals surface area contributed by atoms with Gasteiger partial charge in [-0.05, 0) is 30.7 Å². The van der Waals surface area contributed by atoms with Gasteiger partial charge in [0.25, 0.3) is 0 Å². The molecule has 0 saturated carbocycles. The molecule has 4 nitrogen and oxygen atoms in total. The predicted molar refractivity (Wildman–Crippen MR) is 76.3 cm³/mol. The number of rotatable bonds is 7. The Kier molecular flexibility index (Phi) is 4.98. The third kappa shape index (κ3) is 3.83. The summed E-state index contributed by atoms with van der Waals surface area (Å²) in [4.78, 5) is 7.47. The van der Waals surface area contributed by atoms with E-state index in [2.05, 4.69) is 34.3 Å². The van der Waals surface area contributed by atoms with Gasteiger partial charge in [-0.2, -0.15) is 0 Å². The fourth-order valence-corrected chi connectivity index (χ4v) is 2.09. The fourth-order valence-electron chi connectivity index (χ4n) is 2.09. The number of imidazole rings is 1. The van der Waals surface area contributed by atoms with Crippen LogP contribution in [0.1, 0.15) is 30.8 Å². The molecule has 1 aromatic carbocycles. The average Bonchev–Trinajstić information content (AvgIpc) is 2.96. The third-order valence-electron chi connectivity index (χ3n) is 3.09. The molecular weight excluding hydrogens is 238 g/mol. The molecule has 2 N–H and O–H groups in total. The number of H-pyrrole nitrogens is 1. The van der Waals surface area contributed by atoms with Gasteiger partial charge in [-0.15, -0.1) is 0 Å². The van der Waals surface area contributed by atoms with Crippen molar-refractivity contribution in [2.24, 2.45) is 0 Å². The van der Waals surface area contributed by atoms with Crippen molar-refractivity contribution in [3.05, 3.63) is 48.0 Å². The largest absolute Gasteiger partial charge is 0.497 e. The van der Waals surface area contributed by atoms with Gasteiger partial charge in [0.15, 0.2) is 0 Å². The zero-order valence-electron chi connectivity index (χ0n) is 11.5. The van der Waals surface area contributed by atoms with E-state index in [0.717, 1.165) is 31.0 Å². The van der Waals surface area contributed by atoms with Gasteiger partial charge in [0.05, 0.1) is 7.11 Å². The van der Waals surface area contributed by atoms with E-state index in [1.54, 1.807) is 13.3 Å². The summed E-state index contributed by atoms with van der Waals surface area (Å²) >= 11 is 0. The van der Waals surface area contributed by atoms with Gasteiger partial charge >= 0.3 is 0 Å². The van der Waals surface area contributed by atoms with E-state index < -0.39 is 0 Å². The molecule has 1 heterocycles. The number of aromatic nitrogens is 2. The van der Waals surface area contributed by atoms with Crippen LogP contribution in [0.4, 0.5) is 0 Å². The molecule has 0 aliphatic carbocycles. The summed E-state index contributed by atoms with van der Waals surface area (Å²) in [5.41, 5.74) is 1.23. The lowest BCUT2D eigenvalue weighted by Gasteiger charge is -2.18. The Balaban J connectivity index is 2.15. The van der Waals surface area contributed by atoms with Crippen LogP contribution in [0.3, 0.4) is 0 Å². The lowest BCUT2D eigenvalue weighted by molar-refractivity contribution is 0.412. The minimum atomic E-state index is 0.251. The second kappa shape index (κ2) is 6.95. The molecule has 2 rings (SSSR count). The molecule has 0 spiro atoms. The topological polar surface area (TPSA) is 49.9 Å². The maximum Gasteiger partial charge on any atom is 0.119 e. The Morgan fingerprint density at radius 1 is 1.42 bits per heavy atom. The van der Waals surface area contributed by atoms with Crippen LogP contribution in [0.15, 0.2) is 36.7 Å². The van der Waals surface area contributed by atoms with Gasteiger partial charge in [-0.3, -0.25) is 0 Å². The number of methoxy groups -OCH3 is 1. The summed E-state index contributed by atoms with van der Waals surface area (Å²) in [6.45, 7) is 3.16. The van der Waals surface area contributed by atoms with Crippen LogP contribution in [-0.4, -0.2) is 23.6 Å². The molecule has 2 aromatic rings. The average molecular weight is 259 g/mol. The van der Waals surface area contributed by atoms with Gasteiger partial charge < -0.3 is 15.0 Å². The number of hydrogen-bond acceptors (Lipinski definition) is 3. The van der Waals surface area contributed by atoms with E-state index in [0.29, 0.717) is 0 Å². The molecule has 1 unspecified atom stereocenters. The highest BCUT2D eigenvalue weighted by atomic mass is 16.5. The van der Waals surface area contributed by atoms with E-state index in [9.17, 15) is 0 Å². The van der Waals surface area contributed by atoms with E-state index in [1.807, 2.05) is 18.3 Å². The molecule has 1 aromatic heterocycles. The maximum absolute atomic E-state index is 5.29. The quantitative estimate of drug-likeness (QED) is 0.803. The van der Waals surface area contributed by atoms with Crippen LogP contribution in [0, 0.1) is 0 Å². The Labute approximate surface area is 114 Å². The summed E-state index contributed by atoms with van der Waals surface area (Å²) in [5, 5.41) is 3.56. The summed E-state index contributed by atoms with van der Waals surface area (Å²) in [7, 11) is 1.69. The Morgan fingerprint density at radius 2 is 2.32 bits per heavy atom. The first-order valence-corrected chi connectivity index (χ1v) is 6.69. The van der Waals surface area contributed by atoms with Gasteiger partial charge in [0.1, 0.15) is 11.6 Å². The Bertz CT molecular complexity index is 482. The Morgan fingerprint density at radius 3 is 3.00 bits per heavy atom. The molecule has 0 radical (unpaired) electrons. The van der Waals surface area contributed by atoms with Crippen molar-refractivity contribution in [3.8, 4) is 5.75 Å². The molecule has 0 fully saturated rings. The van der Waals surface area contributed by atoms with Crippen molar-refractivity contribution in [2.75, 3.05) is 13.7 Å². The van der Waals surface area contributed by atoms with Crippen molar-refractivity contribution >= 4 is 0 Å². The van der Waals surface area contributed by atoms with E-state index in [4.69, 9.17) is 4.74 Å². The summed E-state index contributed by atoms with van der Waals surface area (Å²) < 4.78 is 5.29. The van der Waals surface area contributed by atoms with Crippen LogP contribution in [-0.2, 0) is 6.42 Å². The van der Waals surface area contributed by atoms with Crippen LogP contribution in [0.2, 0.25) is 0 Å². The van der Waals surface area contributed by atoms with Gasteiger partial charge in [0.2, 0.25) is 0 Å². The van der Waals surface area contributed by atoms with Crippen LogP contribution in [0.5, 0.6) is 5.75 Å². The lowest BCUT2D eigenvalue weighted by atomic mass is 10.0. The third-order valence-corrected chi connectivity index (χ3v) is 3.09. The minimum absolute atomic E-state index is 0.251. The molecule has 0 saturated heterocycles. The first-order valence-electron chi connectivity index (χ1n) is 6.69. The SMILES string of the molecule is CCCNC(Cc1ncc[nH]1)c1cccc(OC)c1. The number of nitrogens with zero attached hydrogens (tertiary/aromatic N) is 1. The molecular formula is C15H21N3O. The van der Waals surface area contributed by atoms with Crippen LogP contribution in [0.25, 0.3) is 0 Å². The molecule has 0 aliphatic rings. The molecule has 19 heavy (non-hydrogen) atoms. The number of aromatic amines is 1. The zero-order valence-corrected chi connectivity index (χ0v) is 11.5. The first-order chi connectivity index (χ1) is 9.33. The van der Waals surface area contributed by atoms with Crippen LogP contribution < -0.4 is 10.1 Å². The second-order valence-electron chi connectivity index (χ2n) is 4.52. The fraction of sp³-hybridized carbons (Fsp3) is 0.400. The van der Waals surface area contributed by atoms with Crippen molar-refractivity contribution in [3.63, 3.8) is 0 Å². The van der Waals surface area contributed by atoms with Crippen molar-refractivity contribution in [1.29, 1.82) is 0 Å². The maximum atomic E-state index is 5.29. The van der Waals surface area contributed by atoms with Gasteiger partial charge in [-0.1, -0.05) is 19.1 Å². The normalized spacial score (nSPS) is 12.3. The molecule has 0 amide bonds. The number of ether oxygens (including phenoxy) is 1. The van der Waals surface area contributed by atoms with Gasteiger partial charge in [0, 0.05) is 24.9 Å². The highest BCUT2D eigenvalue weighted by Crippen LogP contribution is 2.21. The molecule has 0 aliphatic heterocycles. The monoisotopic (exact) mass is 259 g/mol. The number of benzene rings is 1. The number of hydrogen-bond donors (Lipinski definition) is 2.